The molecular weight excluding hydrogens is 890 g/mol. The number of hydrogen-bond acceptors (Lipinski definition) is 6. The molecule has 3 atom stereocenters. The Morgan fingerprint density at radius 3 is 0.547 bits per heavy atom. The normalized spacial score (nSPS) is 12.0. The molecule has 0 saturated heterocycles. The van der Waals surface area contributed by atoms with Crippen LogP contribution in [0, 0.1) is 0 Å². The summed E-state index contributed by atoms with van der Waals surface area (Å²) in [5, 5.41) is 0. The first-order valence-electron chi connectivity index (χ1n) is 27.1. The third-order valence-corrected chi connectivity index (χ3v) is 13.6. The third kappa shape index (κ3) is 79.1. The summed E-state index contributed by atoms with van der Waals surface area (Å²) < 4.78 is 31.1. The predicted molar refractivity (Wildman–Crippen MR) is 276 cm³/mol. The molecule has 0 heterocycles. The largest absolute Gasteiger partial charge is 3.00 e. The Hall–Kier alpha value is -0.0675. The summed E-state index contributed by atoms with van der Waals surface area (Å²) in [6.07, 6.45) is 68.1. The average molecular weight is 995 g/mol. The molecule has 0 fully saturated rings. The van der Waals surface area contributed by atoms with Gasteiger partial charge < -0.3 is 14.7 Å². The summed E-state index contributed by atoms with van der Waals surface area (Å²) in [6.45, 7) is 6.79. The molecule has 3 unspecified atom stereocenters. The van der Waals surface area contributed by atoms with E-state index in [1.807, 2.05) is 0 Å². The second-order valence-electron chi connectivity index (χ2n) is 18.0. The Morgan fingerprint density at radius 2 is 0.391 bits per heavy atom. The number of unbranched alkanes of at least 4 members (excludes halogenated alkanes) is 36. The van der Waals surface area contributed by atoms with Crippen molar-refractivity contribution in [2.75, 3.05) is 18.5 Å². The molecule has 0 aliphatic carbocycles. The molecule has 375 valence electrons. The Morgan fingerprint density at radius 1 is 0.250 bits per heavy atom. The molecule has 0 aromatic heterocycles. The smallest absolute Gasteiger partial charge is 0.596 e. The monoisotopic (exact) mass is 995 g/mol. The van der Waals surface area contributed by atoms with Crippen LogP contribution in [0.5, 0.6) is 0 Å². The first-order valence-corrected chi connectivity index (χ1v) is 31.2. The van der Waals surface area contributed by atoms with E-state index in [1.54, 1.807) is 0 Å². The van der Waals surface area contributed by atoms with E-state index in [1.165, 1.54) is 231 Å². The van der Waals surface area contributed by atoms with E-state index in [-0.39, 0.29) is 17.4 Å². The van der Waals surface area contributed by atoms with Crippen LogP contribution < -0.4 is 14.7 Å². The summed E-state index contributed by atoms with van der Waals surface area (Å²) in [5.41, 5.74) is 0. The first-order chi connectivity index (χ1) is 30.8. The van der Waals surface area contributed by atoms with Gasteiger partial charge in [0.2, 0.25) is 0 Å². The molecule has 0 spiro atoms. The fraction of sp³-hybridized carbons (Fsp3) is 0.889. The predicted octanol–water partition coefficient (Wildman–Crippen LogP) is 18.4. The van der Waals surface area contributed by atoms with Crippen LogP contribution in [0.15, 0.2) is 36.5 Å². The number of allylic oxidation sites excluding steroid dienone is 6. The quantitative estimate of drug-likeness (QED) is 0.0340. The Labute approximate surface area is 413 Å². The summed E-state index contributed by atoms with van der Waals surface area (Å²) in [7, 11) is -6.46. The molecule has 0 saturated carbocycles. The second kappa shape index (κ2) is 67.2. The Balaban J connectivity index is -0.000000419. The van der Waals surface area contributed by atoms with E-state index >= 15 is 0 Å². The van der Waals surface area contributed by atoms with Gasteiger partial charge >= 0.3 is 41.4 Å². The third-order valence-electron chi connectivity index (χ3n) is 11.6. The van der Waals surface area contributed by atoms with Crippen molar-refractivity contribution in [2.24, 2.45) is 0 Å². The molecule has 0 amide bonds. The number of hydrogen-bond donors (Lipinski definition) is 0. The van der Waals surface area contributed by atoms with Crippen molar-refractivity contribution in [3.05, 3.63) is 36.5 Å². The maximum Gasteiger partial charge on any atom is 3.00 e. The van der Waals surface area contributed by atoms with Crippen molar-refractivity contribution in [3.8, 4) is 0 Å². The molecule has 64 heavy (non-hydrogen) atoms. The minimum absolute atomic E-state index is 0. The van der Waals surface area contributed by atoms with E-state index in [9.17, 15) is 28.4 Å². The fourth-order valence-electron chi connectivity index (χ4n) is 7.47. The maximum absolute atomic E-state index is 10.4. The van der Waals surface area contributed by atoms with Crippen LogP contribution in [-0.2, 0) is 31.1 Å². The zero-order valence-corrected chi connectivity index (χ0v) is 46.4. The molecule has 0 aliphatic rings. The SMILES string of the molecule is CCCCCCCC/C=C\CCCCCCCC[P+](=O)[O-].CCCCCCCC/C=C\CCCCCCCC[P+](=O)[O-].CCCCCCCC/C=C\CCCCCCCC[P+](=O)[O-].[Cr+3]. The van der Waals surface area contributed by atoms with Gasteiger partial charge in [-0.1, -0.05) is 225 Å². The molecule has 0 aromatic carbocycles. The van der Waals surface area contributed by atoms with Crippen molar-refractivity contribution < 1.29 is 45.7 Å². The van der Waals surface area contributed by atoms with Gasteiger partial charge in [-0.2, -0.15) is 0 Å². The van der Waals surface area contributed by atoms with Gasteiger partial charge in [0.25, 0.3) is 0 Å². The van der Waals surface area contributed by atoms with Crippen molar-refractivity contribution >= 4 is 24.1 Å². The van der Waals surface area contributed by atoms with Gasteiger partial charge in [-0.15, -0.1) is 0 Å². The number of rotatable bonds is 48. The van der Waals surface area contributed by atoms with Crippen LogP contribution in [0.2, 0.25) is 0 Å². The molecule has 1 radical (unpaired) electrons. The van der Waals surface area contributed by atoms with Crippen molar-refractivity contribution in [1.82, 2.24) is 0 Å². The Bertz CT molecular complexity index is 886. The minimum Gasteiger partial charge on any atom is -0.596 e. The van der Waals surface area contributed by atoms with Crippen LogP contribution in [0.3, 0.4) is 0 Å². The van der Waals surface area contributed by atoms with E-state index in [4.69, 9.17) is 0 Å². The van der Waals surface area contributed by atoms with Crippen LogP contribution in [0.4, 0.5) is 0 Å². The molecule has 0 bridgehead atoms. The Kier molecular flexibility index (Phi) is 74.0. The average Bonchev–Trinajstić information content (AvgIpc) is 3.26. The maximum atomic E-state index is 10.4. The van der Waals surface area contributed by atoms with Crippen LogP contribution >= 0.6 is 24.1 Å². The van der Waals surface area contributed by atoms with Gasteiger partial charge in [0.1, 0.15) is 18.5 Å². The van der Waals surface area contributed by atoms with E-state index in [2.05, 4.69) is 57.2 Å². The van der Waals surface area contributed by atoms with Gasteiger partial charge in [0, 0.05) is 0 Å². The molecule has 0 N–H and O–H groups in total. The van der Waals surface area contributed by atoms with Crippen LogP contribution in [0.1, 0.15) is 290 Å². The van der Waals surface area contributed by atoms with Crippen LogP contribution in [-0.4, -0.2) is 18.5 Å². The van der Waals surface area contributed by atoms with Crippen LogP contribution in [0.25, 0.3) is 0 Å². The van der Waals surface area contributed by atoms with E-state index < -0.39 is 24.1 Å². The van der Waals surface area contributed by atoms with E-state index in [0.717, 1.165) is 38.5 Å². The molecule has 6 nitrogen and oxygen atoms in total. The molecular formula is C54H105CrO6P3+3. The van der Waals surface area contributed by atoms with Crippen molar-refractivity contribution in [3.63, 3.8) is 0 Å². The van der Waals surface area contributed by atoms with E-state index in [0.29, 0.717) is 18.5 Å². The zero-order chi connectivity index (χ0) is 46.8. The minimum atomic E-state index is -2.15. The summed E-state index contributed by atoms with van der Waals surface area (Å²) in [4.78, 5) is 31.1. The second-order valence-corrected chi connectivity index (χ2v) is 21.3. The van der Waals surface area contributed by atoms with Gasteiger partial charge in [-0.3, -0.25) is 0 Å². The summed E-state index contributed by atoms with van der Waals surface area (Å²) in [5.74, 6) is 0. The summed E-state index contributed by atoms with van der Waals surface area (Å²) >= 11 is 0. The van der Waals surface area contributed by atoms with Gasteiger partial charge in [0.15, 0.2) is 0 Å². The molecule has 0 aliphatic heterocycles. The van der Waals surface area contributed by atoms with Gasteiger partial charge in [0.05, 0.1) is 0 Å². The van der Waals surface area contributed by atoms with Crippen molar-refractivity contribution in [2.45, 2.75) is 290 Å². The van der Waals surface area contributed by atoms with Gasteiger partial charge in [-0.25, -0.2) is 0 Å². The molecule has 0 aromatic rings. The zero-order valence-electron chi connectivity index (χ0n) is 42.5. The fourth-order valence-corrected chi connectivity index (χ4v) is 8.91. The molecule has 10 heteroatoms. The van der Waals surface area contributed by atoms with Gasteiger partial charge in [-0.05, 0) is 116 Å². The standard InChI is InChI=1S/3C18H35O2P.Cr/c3*1-2-3-4-5-6-7-8-9-10-11-12-13-14-15-16-17-18-21(19)20;/h3*9-10H,2-8,11-18H2,1H3;/q;;;+3/b3*10-9-;. The summed E-state index contributed by atoms with van der Waals surface area (Å²) in [6, 6.07) is 0. The first kappa shape index (κ1) is 70.5. The topological polar surface area (TPSA) is 120 Å². The van der Waals surface area contributed by atoms with Crippen molar-refractivity contribution in [1.29, 1.82) is 0 Å². The molecule has 0 rings (SSSR count).